The van der Waals surface area contributed by atoms with Gasteiger partial charge in [0.1, 0.15) is 85.3 Å². The molecule has 0 aromatic carbocycles. The molecule has 20 atom stereocenters. The number of nitrogens with one attached hydrogen (secondary N) is 3. The van der Waals surface area contributed by atoms with Crippen molar-refractivity contribution in [1.29, 1.82) is 0 Å². The van der Waals surface area contributed by atoms with Gasteiger partial charge in [0.2, 0.25) is 17.7 Å². The van der Waals surface area contributed by atoms with Crippen molar-refractivity contribution >= 4 is 17.7 Å². The van der Waals surface area contributed by atoms with Crippen LogP contribution >= 0.6 is 0 Å². The molecule has 23 heteroatoms. The highest BCUT2D eigenvalue weighted by atomic mass is 16.8. The van der Waals surface area contributed by atoms with Gasteiger partial charge in [-0.1, -0.05) is 0 Å². The first kappa shape index (κ1) is 44.4. The Morgan fingerprint density at radius 3 is 1.24 bits per heavy atom. The predicted molar refractivity (Wildman–Crippen MR) is 174 cm³/mol. The summed E-state index contributed by atoms with van der Waals surface area (Å²) in [7, 11) is 0. The van der Waals surface area contributed by atoms with Crippen LogP contribution in [0.5, 0.6) is 0 Å². The topological polar surface area (TPSA) is 360 Å². The van der Waals surface area contributed by atoms with Crippen LogP contribution < -0.4 is 21.7 Å². The van der Waals surface area contributed by atoms with Crippen molar-refractivity contribution < 1.29 is 93.5 Å². The third-order valence-corrected chi connectivity index (χ3v) is 9.76. The molecule has 23 nitrogen and oxygen atoms in total. The molecule has 0 aliphatic carbocycles. The highest BCUT2D eigenvalue weighted by molar-refractivity contribution is 5.74. The molecular formula is C31H54N4O19. The Balaban J connectivity index is 1.59. The van der Waals surface area contributed by atoms with Crippen LogP contribution in [0.2, 0.25) is 0 Å². The molecule has 3 amide bonds. The molecule has 0 radical (unpaired) electrons. The van der Waals surface area contributed by atoms with Crippen molar-refractivity contribution in [3.63, 3.8) is 0 Å². The first-order valence-electron chi connectivity index (χ1n) is 17.5. The third kappa shape index (κ3) is 9.81. The number of nitrogens with two attached hydrogens (primary N) is 1. The Bertz CT molecular complexity index is 1250. The number of hydrogen-bond donors (Lipinski definition) is 13. The van der Waals surface area contributed by atoms with Gasteiger partial charge >= 0.3 is 0 Å². The lowest BCUT2D eigenvalue weighted by molar-refractivity contribution is -0.358. The van der Waals surface area contributed by atoms with E-state index in [2.05, 4.69) is 16.0 Å². The number of hydrogen-bond acceptors (Lipinski definition) is 20. The van der Waals surface area contributed by atoms with Crippen molar-refractivity contribution in [2.24, 2.45) is 5.73 Å². The Morgan fingerprint density at radius 1 is 0.519 bits per heavy atom. The number of ether oxygens (including phenoxy) is 7. The number of carbonyl (C=O) groups is 3. The van der Waals surface area contributed by atoms with Crippen LogP contribution in [0.15, 0.2) is 0 Å². The zero-order valence-corrected chi connectivity index (χ0v) is 30.1. The lowest BCUT2D eigenvalue weighted by Gasteiger charge is -2.50. The van der Waals surface area contributed by atoms with Gasteiger partial charge in [0, 0.05) is 20.8 Å². The normalized spacial score (nSPS) is 45.7. The van der Waals surface area contributed by atoms with Crippen LogP contribution in [0.25, 0.3) is 0 Å². The number of aliphatic hydroxyl groups is 9. The average Bonchev–Trinajstić information content (AvgIpc) is 3.12. The molecule has 4 aliphatic rings. The smallest absolute Gasteiger partial charge is 0.217 e. The highest BCUT2D eigenvalue weighted by Crippen LogP contribution is 2.34. The molecule has 14 N–H and O–H groups in total. The van der Waals surface area contributed by atoms with Crippen LogP contribution in [0.1, 0.15) is 27.7 Å². The van der Waals surface area contributed by atoms with Gasteiger partial charge in [0.15, 0.2) is 18.9 Å². The lowest BCUT2D eigenvalue weighted by Crippen LogP contribution is -2.71. The lowest BCUT2D eigenvalue weighted by atomic mass is 9.92. The Hall–Kier alpha value is -2.27. The van der Waals surface area contributed by atoms with Gasteiger partial charge in [0.25, 0.3) is 0 Å². The van der Waals surface area contributed by atoms with Crippen LogP contribution in [0.3, 0.4) is 0 Å². The van der Waals surface area contributed by atoms with E-state index in [1.54, 1.807) is 6.92 Å². The van der Waals surface area contributed by atoms with Crippen LogP contribution in [0.4, 0.5) is 0 Å². The van der Waals surface area contributed by atoms with E-state index < -0.39 is 167 Å². The van der Waals surface area contributed by atoms with E-state index in [4.69, 9.17) is 38.9 Å². The average molecular weight is 787 g/mol. The van der Waals surface area contributed by atoms with E-state index in [1.165, 1.54) is 6.92 Å². The minimum Gasteiger partial charge on any atom is -0.394 e. The summed E-state index contributed by atoms with van der Waals surface area (Å²) in [5.74, 6) is -1.89. The van der Waals surface area contributed by atoms with E-state index >= 15 is 0 Å². The van der Waals surface area contributed by atoms with Crippen molar-refractivity contribution in [1.82, 2.24) is 16.0 Å². The maximum absolute atomic E-state index is 12.3. The number of carbonyl (C=O) groups excluding carboxylic acids is 3. The minimum atomic E-state index is -1.82. The Morgan fingerprint density at radius 2 is 0.852 bits per heavy atom. The first-order valence-corrected chi connectivity index (χ1v) is 17.5. The summed E-state index contributed by atoms with van der Waals surface area (Å²) in [6.07, 6.45) is -24.1. The number of amides is 3. The molecule has 54 heavy (non-hydrogen) atoms. The van der Waals surface area contributed by atoms with Gasteiger partial charge in [-0.2, -0.15) is 0 Å². The van der Waals surface area contributed by atoms with Gasteiger partial charge in [-0.05, 0) is 6.92 Å². The number of rotatable bonds is 13. The number of aliphatic hydroxyl groups excluding tert-OH is 9. The molecule has 4 aliphatic heterocycles. The second-order valence-electron chi connectivity index (χ2n) is 13.8. The molecule has 4 saturated heterocycles. The maximum atomic E-state index is 12.3. The molecule has 0 aromatic rings. The summed E-state index contributed by atoms with van der Waals surface area (Å²) in [5, 5.41) is 103. The van der Waals surface area contributed by atoms with Gasteiger partial charge < -0.3 is 101 Å². The quantitative estimate of drug-likeness (QED) is 0.0824. The molecule has 4 fully saturated rings. The molecule has 3 unspecified atom stereocenters. The summed E-state index contributed by atoms with van der Waals surface area (Å²) in [5.41, 5.74) is 5.99. The molecule has 0 saturated carbocycles. The zero-order valence-electron chi connectivity index (χ0n) is 30.1. The van der Waals surface area contributed by atoms with Crippen molar-refractivity contribution in [3.8, 4) is 0 Å². The second-order valence-corrected chi connectivity index (χ2v) is 13.8. The molecule has 0 spiro atoms. The summed E-state index contributed by atoms with van der Waals surface area (Å²) < 4.78 is 41.0. The molecular weight excluding hydrogens is 732 g/mol. The SMILES string of the molecule is CC(=O)N[C@H]1C(C)O[C@H](CO)[C@@H](O[C@@H]2O[C@H](CO)[C@@H](O[C@@H]3O[C@H](CO)[C@@H](O[C@@H]4O[C@H](CO)[C@@H](O)[C@H](O)[C@H]4N)C(O)[C@H]3NC(C)=O)[C@H](O)[C@H]2NC(C)=O)C1O. The highest BCUT2D eigenvalue weighted by Gasteiger charge is 2.55. The molecule has 4 rings (SSSR count). The van der Waals surface area contributed by atoms with Crippen LogP contribution in [-0.4, -0.2) is 212 Å². The maximum Gasteiger partial charge on any atom is 0.217 e. The van der Waals surface area contributed by atoms with E-state index in [0.717, 1.165) is 13.8 Å². The standard InChI is InChI=1S/C31H54N4O19/c1-9-18(33-10(2)40)23(45)26(14(6-37)48-9)53-30-20(35-12(4)42)25(47)28(16(8-39)51-30)54-31-19(34-11(3)41)24(46)27(15(7-38)50-31)52-29-17(32)22(44)21(43)13(5-36)49-29/h9,13-31,36-39,43-47H,5-8,32H2,1-4H3,(H,33,40)(H,34,41)(H,35,42)/t9?,13-,14-,15-,16-,17-,18+,19-,20-,21-,22-,23?,24?,25-,26-,27-,28-,29+,30+,31+/m1/s1. The van der Waals surface area contributed by atoms with E-state index in [9.17, 15) is 60.3 Å². The molecule has 0 bridgehead atoms. The first-order chi connectivity index (χ1) is 25.5. The summed E-state index contributed by atoms with van der Waals surface area (Å²) in [6, 6.07) is -5.46. The molecule has 0 aromatic heterocycles. The van der Waals surface area contributed by atoms with Crippen molar-refractivity contribution in [2.45, 2.75) is 150 Å². The Kier molecular flexibility index (Phi) is 15.8. The van der Waals surface area contributed by atoms with Gasteiger partial charge in [-0.25, -0.2) is 0 Å². The Labute approximate surface area is 309 Å². The van der Waals surface area contributed by atoms with Crippen molar-refractivity contribution in [3.05, 3.63) is 0 Å². The molecule has 4 heterocycles. The monoisotopic (exact) mass is 786 g/mol. The van der Waals surface area contributed by atoms with Crippen LogP contribution in [0, 0.1) is 0 Å². The summed E-state index contributed by atoms with van der Waals surface area (Å²) in [4.78, 5) is 36.5. The third-order valence-electron chi connectivity index (χ3n) is 9.76. The molecule has 312 valence electrons. The summed E-state index contributed by atoms with van der Waals surface area (Å²) in [6.45, 7) is 1.90. The minimum absolute atomic E-state index is 0.495. The predicted octanol–water partition coefficient (Wildman–Crippen LogP) is -8.28. The van der Waals surface area contributed by atoms with E-state index in [-0.39, 0.29) is 0 Å². The second kappa shape index (κ2) is 19.3. The fourth-order valence-electron chi connectivity index (χ4n) is 7.06. The van der Waals surface area contributed by atoms with Gasteiger partial charge in [0.05, 0.1) is 44.6 Å². The van der Waals surface area contributed by atoms with E-state index in [0.29, 0.717) is 0 Å². The van der Waals surface area contributed by atoms with Gasteiger partial charge in [-0.15, -0.1) is 0 Å². The fraction of sp³-hybridized carbons (Fsp3) is 0.903. The van der Waals surface area contributed by atoms with Crippen molar-refractivity contribution in [2.75, 3.05) is 26.4 Å². The van der Waals surface area contributed by atoms with Crippen LogP contribution in [-0.2, 0) is 47.5 Å². The fourth-order valence-corrected chi connectivity index (χ4v) is 7.06. The largest absolute Gasteiger partial charge is 0.394 e. The summed E-state index contributed by atoms with van der Waals surface area (Å²) >= 11 is 0. The van der Waals surface area contributed by atoms with E-state index in [1.807, 2.05) is 0 Å². The van der Waals surface area contributed by atoms with Gasteiger partial charge in [-0.3, -0.25) is 14.4 Å². The zero-order chi connectivity index (χ0) is 40.2.